The largest absolute Gasteiger partial charge is 0.383 e. The number of hydrogen-bond acceptors (Lipinski definition) is 4. The lowest BCUT2D eigenvalue weighted by atomic mass is 10.2. The normalized spacial score (nSPS) is 12.1. The van der Waals surface area contributed by atoms with Crippen LogP contribution in [0, 0.1) is 5.82 Å². The first-order valence-corrected chi connectivity index (χ1v) is 7.45. The second-order valence-electron chi connectivity index (χ2n) is 4.75. The predicted octanol–water partition coefficient (Wildman–Crippen LogP) is 2.64. The summed E-state index contributed by atoms with van der Waals surface area (Å²) < 4.78 is 17.9. The Morgan fingerprint density at radius 1 is 1.43 bits per heavy atom. The minimum Gasteiger partial charge on any atom is -0.383 e. The molecule has 0 fully saturated rings. The van der Waals surface area contributed by atoms with E-state index in [1.54, 1.807) is 19.2 Å². The minimum atomic E-state index is -0.276. The summed E-state index contributed by atoms with van der Waals surface area (Å²) in [4.78, 5) is 16.2. The zero-order valence-corrected chi connectivity index (χ0v) is 12.7. The van der Waals surface area contributed by atoms with Gasteiger partial charge in [0.2, 0.25) is 5.91 Å². The molecule has 2 aromatic rings. The molecule has 0 radical (unpaired) electrons. The average molecular weight is 308 g/mol. The molecule has 4 nitrogen and oxygen atoms in total. The number of rotatable bonds is 6. The van der Waals surface area contributed by atoms with Crippen molar-refractivity contribution in [2.24, 2.45) is 0 Å². The lowest BCUT2D eigenvalue weighted by Gasteiger charge is -2.11. The predicted molar refractivity (Wildman–Crippen MR) is 80.7 cm³/mol. The van der Waals surface area contributed by atoms with Crippen molar-refractivity contribution >= 4 is 17.2 Å². The Morgan fingerprint density at radius 3 is 2.81 bits per heavy atom. The molecule has 6 heteroatoms. The van der Waals surface area contributed by atoms with Gasteiger partial charge in [0.1, 0.15) is 10.8 Å². The maximum Gasteiger partial charge on any atom is 0.226 e. The molecule has 0 unspecified atom stereocenters. The highest BCUT2D eigenvalue weighted by Crippen LogP contribution is 2.24. The molecule has 1 N–H and O–H groups in total. The first kappa shape index (κ1) is 15.6. The van der Waals surface area contributed by atoms with Crippen LogP contribution in [0.3, 0.4) is 0 Å². The summed E-state index contributed by atoms with van der Waals surface area (Å²) in [5.41, 5.74) is 1.56. The molecule has 0 spiro atoms. The van der Waals surface area contributed by atoms with Crippen LogP contribution >= 0.6 is 11.3 Å². The van der Waals surface area contributed by atoms with Crippen LogP contribution in [-0.2, 0) is 16.0 Å². The molecule has 1 amide bonds. The number of carbonyl (C=O) groups is 1. The number of thiazole rings is 1. The molecular weight excluding hydrogens is 291 g/mol. The third-order valence-electron chi connectivity index (χ3n) is 2.81. The Bertz CT molecular complexity index is 598. The van der Waals surface area contributed by atoms with E-state index in [1.165, 1.54) is 23.5 Å². The van der Waals surface area contributed by atoms with E-state index in [2.05, 4.69) is 10.3 Å². The van der Waals surface area contributed by atoms with Crippen LogP contribution in [0.2, 0.25) is 0 Å². The third kappa shape index (κ3) is 4.61. The zero-order chi connectivity index (χ0) is 15.2. The van der Waals surface area contributed by atoms with Crippen LogP contribution in [0.5, 0.6) is 0 Å². The lowest BCUT2D eigenvalue weighted by molar-refractivity contribution is -0.121. The van der Waals surface area contributed by atoms with Crippen molar-refractivity contribution in [1.29, 1.82) is 0 Å². The standard InChI is InChI=1S/C15H17FN2O2S/c1-10(8-20-2)17-14(19)7-13-9-21-15(18-13)11-3-5-12(16)6-4-11/h3-6,9-10H,7-8H2,1-2H3,(H,17,19)/t10-/m0/s1. The second-order valence-corrected chi connectivity index (χ2v) is 5.61. The summed E-state index contributed by atoms with van der Waals surface area (Å²) in [5, 5.41) is 5.46. The SMILES string of the molecule is COC[C@H](C)NC(=O)Cc1csc(-c2ccc(F)cc2)n1. The van der Waals surface area contributed by atoms with Gasteiger partial charge in [0.25, 0.3) is 0 Å². The van der Waals surface area contributed by atoms with E-state index in [0.29, 0.717) is 12.3 Å². The maximum absolute atomic E-state index is 12.9. The highest BCUT2D eigenvalue weighted by atomic mass is 32.1. The van der Waals surface area contributed by atoms with Gasteiger partial charge in [-0.25, -0.2) is 9.37 Å². The molecule has 0 aliphatic carbocycles. The average Bonchev–Trinajstić information content (AvgIpc) is 2.88. The van der Waals surface area contributed by atoms with E-state index in [0.717, 1.165) is 10.6 Å². The molecule has 1 aromatic carbocycles. The number of ether oxygens (including phenoxy) is 1. The number of nitrogens with zero attached hydrogens (tertiary/aromatic N) is 1. The number of amides is 1. The van der Waals surface area contributed by atoms with E-state index < -0.39 is 0 Å². The molecule has 0 saturated heterocycles. The number of aromatic nitrogens is 1. The highest BCUT2D eigenvalue weighted by Gasteiger charge is 2.11. The molecular formula is C15H17FN2O2S. The lowest BCUT2D eigenvalue weighted by Crippen LogP contribution is -2.36. The molecule has 1 aromatic heterocycles. The van der Waals surface area contributed by atoms with Crippen molar-refractivity contribution in [2.45, 2.75) is 19.4 Å². The van der Waals surface area contributed by atoms with Crippen LogP contribution in [0.25, 0.3) is 10.6 Å². The number of nitrogens with one attached hydrogen (secondary N) is 1. The number of hydrogen-bond donors (Lipinski definition) is 1. The summed E-state index contributed by atoms with van der Waals surface area (Å²) in [6, 6.07) is 6.13. The van der Waals surface area contributed by atoms with Gasteiger partial charge < -0.3 is 10.1 Å². The van der Waals surface area contributed by atoms with Crippen molar-refractivity contribution in [2.75, 3.05) is 13.7 Å². The van der Waals surface area contributed by atoms with Crippen LogP contribution in [0.4, 0.5) is 4.39 Å². The van der Waals surface area contributed by atoms with Crippen molar-refractivity contribution in [1.82, 2.24) is 10.3 Å². The van der Waals surface area contributed by atoms with E-state index in [1.807, 2.05) is 12.3 Å². The van der Waals surface area contributed by atoms with Crippen molar-refractivity contribution in [3.05, 3.63) is 41.2 Å². The van der Waals surface area contributed by atoms with Gasteiger partial charge in [-0.15, -0.1) is 11.3 Å². The van der Waals surface area contributed by atoms with Crippen molar-refractivity contribution < 1.29 is 13.9 Å². The Hall–Kier alpha value is -1.79. The van der Waals surface area contributed by atoms with E-state index in [9.17, 15) is 9.18 Å². The molecule has 2 rings (SSSR count). The molecule has 1 atom stereocenters. The van der Waals surface area contributed by atoms with E-state index in [-0.39, 0.29) is 24.2 Å². The first-order valence-electron chi connectivity index (χ1n) is 6.57. The van der Waals surface area contributed by atoms with Gasteiger partial charge in [-0.1, -0.05) is 0 Å². The van der Waals surface area contributed by atoms with Crippen molar-refractivity contribution in [3.8, 4) is 10.6 Å². The summed E-state index contributed by atoms with van der Waals surface area (Å²) in [5.74, 6) is -0.363. The quantitative estimate of drug-likeness (QED) is 0.892. The monoisotopic (exact) mass is 308 g/mol. The highest BCUT2D eigenvalue weighted by molar-refractivity contribution is 7.13. The summed E-state index contributed by atoms with van der Waals surface area (Å²) in [7, 11) is 1.60. The van der Waals surface area contributed by atoms with Gasteiger partial charge in [-0.2, -0.15) is 0 Å². The fraction of sp³-hybridized carbons (Fsp3) is 0.333. The molecule has 0 saturated carbocycles. The Morgan fingerprint density at radius 2 is 2.14 bits per heavy atom. The molecule has 0 aliphatic heterocycles. The summed E-state index contributed by atoms with van der Waals surface area (Å²) in [6.07, 6.45) is 0.228. The van der Waals surface area contributed by atoms with Crippen molar-refractivity contribution in [3.63, 3.8) is 0 Å². The smallest absolute Gasteiger partial charge is 0.226 e. The number of methoxy groups -OCH3 is 1. The van der Waals surface area contributed by atoms with Gasteiger partial charge in [0, 0.05) is 24.1 Å². The van der Waals surface area contributed by atoms with Crippen LogP contribution in [-0.4, -0.2) is 30.6 Å². The number of benzene rings is 1. The Kier molecular flexibility index (Phi) is 5.41. The first-order chi connectivity index (χ1) is 10.1. The van der Waals surface area contributed by atoms with Gasteiger partial charge in [-0.05, 0) is 31.2 Å². The molecule has 0 bridgehead atoms. The van der Waals surface area contributed by atoms with Crippen LogP contribution in [0.15, 0.2) is 29.6 Å². The van der Waals surface area contributed by atoms with E-state index >= 15 is 0 Å². The molecule has 112 valence electrons. The second kappa shape index (κ2) is 7.28. The van der Waals surface area contributed by atoms with Crippen LogP contribution < -0.4 is 5.32 Å². The summed E-state index contributed by atoms with van der Waals surface area (Å²) >= 11 is 1.44. The van der Waals surface area contributed by atoms with E-state index in [4.69, 9.17) is 4.74 Å². The fourth-order valence-corrected chi connectivity index (χ4v) is 2.72. The number of carbonyl (C=O) groups excluding carboxylic acids is 1. The maximum atomic E-state index is 12.9. The fourth-order valence-electron chi connectivity index (χ4n) is 1.90. The van der Waals surface area contributed by atoms with Crippen LogP contribution in [0.1, 0.15) is 12.6 Å². The Balaban J connectivity index is 1.97. The minimum absolute atomic E-state index is 0.0299. The summed E-state index contributed by atoms with van der Waals surface area (Å²) in [6.45, 7) is 2.36. The van der Waals surface area contributed by atoms with Gasteiger partial charge >= 0.3 is 0 Å². The van der Waals surface area contributed by atoms with Gasteiger partial charge in [-0.3, -0.25) is 4.79 Å². The van der Waals surface area contributed by atoms with Gasteiger partial charge in [0.15, 0.2) is 0 Å². The zero-order valence-electron chi connectivity index (χ0n) is 11.9. The molecule has 21 heavy (non-hydrogen) atoms. The third-order valence-corrected chi connectivity index (χ3v) is 3.75. The number of halogens is 1. The Labute approximate surface area is 127 Å². The molecule has 0 aliphatic rings. The van der Waals surface area contributed by atoms with Gasteiger partial charge in [0.05, 0.1) is 18.7 Å². The topological polar surface area (TPSA) is 51.2 Å². The molecule has 1 heterocycles.